The van der Waals surface area contributed by atoms with Crippen LogP contribution in [0.3, 0.4) is 0 Å². The molecule has 1 heterocycles. The Morgan fingerprint density at radius 3 is 2.82 bits per heavy atom. The Morgan fingerprint density at radius 2 is 2.14 bits per heavy atom. The van der Waals surface area contributed by atoms with E-state index < -0.39 is 0 Å². The van der Waals surface area contributed by atoms with Crippen LogP contribution in [0.5, 0.6) is 0 Å². The van der Waals surface area contributed by atoms with Gasteiger partial charge in [0.05, 0.1) is 0 Å². The van der Waals surface area contributed by atoms with Crippen LogP contribution in [0.25, 0.3) is 0 Å². The van der Waals surface area contributed by atoms with Gasteiger partial charge >= 0.3 is 0 Å². The summed E-state index contributed by atoms with van der Waals surface area (Å²) in [4.78, 5) is 13.1. The Balaban J connectivity index is 0.00000242. The van der Waals surface area contributed by atoms with Gasteiger partial charge < -0.3 is 10.6 Å². The highest BCUT2D eigenvalue weighted by Gasteiger charge is 2.21. The fraction of sp³-hybridized carbons (Fsp3) is 0.562. The third kappa shape index (κ3) is 6.78. The summed E-state index contributed by atoms with van der Waals surface area (Å²) in [6.45, 7) is 3.20. The average molecular weight is 363 g/mol. The number of amides is 1. The third-order valence-electron chi connectivity index (χ3n) is 3.74. The van der Waals surface area contributed by atoms with Gasteiger partial charge in [-0.3, -0.25) is 4.79 Å². The van der Waals surface area contributed by atoms with Gasteiger partial charge in [0.1, 0.15) is 0 Å². The summed E-state index contributed by atoms with van der Waals surface area (Å²) in [6.07, 6.45) is 3.72. The number of carbonyl (C=O) groups is 1. The lowest BCUT2D eigenvalue weighted by molar-refractivity contribution is -0.122. The van der Waals surface area contributed by atoms with Crippen molar-refractivity contribution < 1.29 is 4.79 Å². The minimum Gasteiger partial charge on any atom is -0.352 e. The number of hydrogen-bond acceptors (Lipinski definition) is 3. The monoisotopic (exact) mass is 362 g/mol. The summed E-state index contributed by atoms with van der Waals surface area (Å²) in [5, 5.41) is 7.31. The number of nitrogens with one attached hydrogen (secondary N) is 2. The van der Waals surface area contributed by atoms with Crippen molar-refractivity contribution in [2.24, 2.45) is 0 Å². The van der Waals surface area contributed by atoms with Crippen molar-refractivity contribution in [1.82, 2.24) is 10.6 Å². The maximum Gasteiger partial charge on any atom is 0.220 e. The van der Waals surface area contributed by atoms with Gasteiger partial charge in [-0.1, -0.05) is 11.6 Å². The molecule has 0 aromatic heterocycles. The molecule has 1 aromatic rings. The first kappa shape index (κ1) is 19.6. The second-order valence-electron chi connectivity index (χ2n) is 5.46. The van der Waals surface area contributed by atoms with Gasteiger partial charge in [-0.2, -0.15) is 0 Å². The van der Waals surface area contributed by atoms with Crippen LogP contribution in [0.4, 0.5) is 0 Å². The van der Waals surface area contributed by atoms with Crippen LogP contribution in [-0.2, 0) is 4.79 Å². The van der Waals surface area contributed by atoms with Crippen molar-refractivity contribution in [3.63, 3.8) is 0 Å². The van der Waals surface area contributed by atoms with Crippen LogP contribution in [0.15, 0.2) is 29.2 Å². The predicted molar refractivity (Wildman–Crippen MR) is 97.3 cm³/mol. The topological polar surface area (TPSA) is 41.1 Å². The lowest BCUT2D eigenvalue weighted by atomic mass is 10.00. The summed E-state index contributed by atoms with van der Waals surface area (Å²) in [5.41, 5.74) is 0. The maximum absolute atomic E-state index is 11.9. The quantitative estimate of drug-likeness (QED) is 0.595. The molecular formula is C16H24Cl2N2OS. The molecule has 1 amide bonds. The molecule has 2 unspecified atom stereocenters. The molecule has 2 N–H and O–H groups in total. The van der Waals surface area contributed by atoms with E-state index in [0.29, 0.717) is 12.5 Å². The van der Waals surface area contributed by atoms with Crippen molar-refractivity contribution in [3.8, 4) is 0 Å². The summed E-state index contributed by atoms with van der Waals surface area (Å²) in [7, 11) is 0. The van der Waals surface area contributed by atoms with E-state index in [1.165, 1.54) is 4.90 Å². The minimum atomic E-state index is 0. The Kier molecular flexibility index (Phi) is 9.25. The molecule has 0 spiro atoms. The van der Waals surface area contributed by atoms with Crippen molar-refractivity contribution >= 4 is 41.7 Å². The molecule has 1 saturated heterocycles. The Morgan fingerprint density at radius 1 is 1.41 bits per heavy atom. The van der Waals surface area contributed by atoms with E-state index in [0.717, 1.165) is 36.6 Å². The van der Waals surface area contributed by atoms with Gasteiger partial charge in [-0.05, 0) is 62.7 Å². The molecule has 0 bridgehead atoms. The van der Waals surface area contributed by atoms with E-state index in [-0.39, 0.29) is 24.4 Å². The fourth-order valence-corrected chi connectivity index (χ4v) is 3.45. The van der Waals surface area contributed by atoms with E-state index >= 15 is 0 Å². The van der Waals surface area contributed by atoms with E-state index in [1.807, 2.05) is 24.3 Å². The predicted octanol–water partition coefficient (Wildman–Crippen LogP) is 3.89. The first-order chi connectivity index (χ1) is 10.1. The molecular weight excluding hydrogens is 339 g/mol. The normalized spacial score (nSPS) is 21.0. The lowest BCUT2D eigenvalue weighted by Gasteiger charge is -2.30. The largest absolute Gasteiger partial charge is 0.352 e. The molecule has 1 aliphatic heterocycles. The maximum atomic E-state index is 11.9. The van der Waals surface area contributed by atoms with Crippen LogP contribution in [0, 0.1) is 0 Å². The summed E-state index contributed by atoms with van der Waals surface area (Å²) in [6, 6.07) is 8.49. The third-order valence-corrected chi connectivity index (χ3v) is 5.09. The Labute approximate surface area is 148 Å². The highest BCUT2D eigenvalue weighted by molar-refractivity contribution is 7.99. The highest BCUT2D eigenvalue weighted by atomic mass is 35.5. The molecule has 1 aliphatic rings. The SMILES string of the molecule is CC1NCCCC1NC(=O)CCCSc1ccc(Cl)cc1.Cl. The van der Waals surface area contributed by atoms with Crippen molar-refractivity contribution in [2.45, 2.75) is 49.6 Å². The Hall–Kier alpha value is -0.420. The number of benzene rings is 1. The zero-order valence-corrected chi connectivity index (χ0v) is 15.2. The van der Waals surface area contributed by atoms with Crippen molar-refractivity contribution in [1.29, 1.82) is 0 Å². The molecule has 1 aromatic carbocycles. The number of piperidine rings is 1. The van der Waals surface area contributed by atoms with E-state index in [2.05, 4.69) is 17.6 Å². The van der Waals surface area contributed by atoms with Gasteiger partial charge in [0.2, 0.25) is 5.91 Å². The molecule has 0 aliphatic carbocycles. The van der Waals surface area contributed by atoms with Gasteiger partial charge in [0, 0.05) is 28.4 Å². The molecule has 2 rings (SSSR count). The van der Waals surface area contributed by atoms with Crippen molar-refractivity contribution in [3.05, 3.63) is 29.3 Å². The molecule has 0 saturated carbocycles. The Bertz CT molecular complexity index is 456. The van der Waals surface area contributed by atoms with E-state index in [1.54, 1.807) is 11.8 Å². The number of rotatable bonds is 6. The number of thioether (sulfide) groups is 1. The standard InChI is InChI=1S/C16H23ClN2OS.ClH/c1-12-15(4-2-10-18-12)19-16(20)5-3-11-21-14-8-6-13(17)7-9-14;/h6-9,12,15,18H,2-5,10-11H2,1H3,(H,19,20);1H. The zero-order valence-electron chi connectivity index (χ0n) is 12.8. The highest BCUT2D eigenvalue weighted by Crippen LogP contribution is 2.21. The van der Waals surface area contributed by atoms with Crippen LogP contribution in [0.2, 0.25) is 5.02 Å². The van der Waals surface area contributed by atoms with Crippen LogP contribution in [0.1, 0.15) is 32.6 Å². The number of carbonyl (C=O) groups excluding carboxylic acids is 1. The van der Waals surface area contributed by atoms with Gasteiger partial charge in [0.15, 0.2) is 0 Å². The summed E-state index contributed by atoms with van der Waals surface area (Å²) < 4.78 is 0. The number of halogens is 2. The fourth-order valence-electron chi connectivity index (χ4n) is 2.47. The van der Waals surface area contributed by atoms with Crippen LogP contribution < -0.4 is 10.6 Å². The van der Waals surface area contributed by atoms with Crippen LogP contribution in [-0.4, -0.2) is 30.3 Å². The molecule has 0 radical (unpaired) electrons. The van der Waals surface area contributed by atoms with Gasteiger partial charge in [0.25, 0.3) is 0 Å². The zero-order chi connectivity index (χ0) is 15.1. The van der Waals surface area contributed by atoms with Gasteiger partial charge in [-0.15, -0.1) is 24.2 Å². The summed E-state index contributed by atoms with van der Waals surface area (Å²) >= 11 is 7.62. The average Bonchev–Trinajstić information content (AvgIpc) is 2.48. The van der Waals surface area contributed by atoms with E-state index in [9.17, 15) is 4.79 Å². The lowest BCUT2D eigenvalue weighted by Crippen LogP contribution is -2.51. The molecule has 22 heavy (non-hydrogen) atoms. The smallest absolute Gasteiger partial charge is 0.220 e. The number of hydrogen-bond donors (Lipinski definition) is 2. The van der Waals surface area contributed by atoms with Crippen molar-refractivity contribution in [2.75, 3.05) is 12.3 Å². The minimum absolute atomic E-state index is 0. The van der Waals surface area contributed by atoms with Gasteiger partial charge in [-0.25, -0.2) is 0 Å². The van der Waals surface area contributed by atoms with Crippen LogP contribution >= 0.6 is 35.8 Å². The summed E-state index contributed by atoms with van der Waals surface area (Å²) in [5.74, 6) is 1.13. The molecule has 1 fully saturated rings. The second-order valence-corrected chi connectivity index (χ2v) is 7.07. The first-order valence-corrected chi connectivity index (χ1v) is 8.92. The molecule has 2 atom stereocenters. The second kappa shape index (κ2) is 10.4. The van der Waals surface area contributed by atoms with E-state index in [4.69, 9.17) is 11.6 Å². The first-order valence-electron chi connectivity index (χ1n) is 7.56. The molecule has 3 nitrogen and oxygen atoms in total. The molecule has 6 heteroatoms. The molecule has 124 valence electrons.